The molecule has 5 nitrogen and oxygen atoms in total. The van der Waals surface area contributed by atoms with Crippen molar-refractivity contribution in [2.75, 3.05) is 6.54 Å². The van der Waals surface area contributed by atoms with E-state index in [1.807, 2.05) is 12.3 Å². The average molecular weight is 233 g/mol. The number of H-pyrrole nitrogens is 2. The van der Waals surface area contributed by atoms with Crippen molar-refractivity contribution in [1.82, 2.24) is 25.7 Å². The molecule has 0 radical (unpaired) electrons. The highest BCUT2D eigenvalue weighted by Crippen LogP contribution is 2.08. The predicted molar refractivity (Wildman–Crippen MR) is 66.7 cm³/mol. The van der Waals surface area contributed by atoms with Crippen LogP contribution < -0.4 is 5.32 Å². The second-order valence-corrected chi connectivity index (χ2v) is 4.31. The molecule has 3 N–H and O–H groups in total. The lowest BCUT2D eigenvalue weighted by Crippen LogP contribution is -2.20. The molecule has 0 amide bonds. The Hall–Kier alpha value is -1.62. The van der Waals surface area contributed by atoms with Gasteiger partial charge in [-0.1, -0.05) is 0 Å². The van der Waals surface area contributed by atoms with Crippen molar-refractivity contribution in [1.29, 1.82) is 0 Å². The molecule has 1 atom stereocenters. The van der Waals surface area contributed by atoms with Crippen LogP contribution >= 0.6 is 0 Å². The maximum atomic E-state index is 4.02. The van der Waals surface area contributed by atoms with E-state index in [-0.39, 0.29) is 0 Å². The van der Waals surface area contributed by atoms with Gasteiger partial charge in [-0.05, 0) is 44.9 Å². The Kier molecular flexibility index (Phi) is 3.93. The van der Waals surface area contributed by atoms with Crippen molar-refractivity contribution in [2.24, 2.45) is 0 Å². The molecule has 0 spiro atoms. The zero-order chi connectivity index (χ0) is 12.1. The minimum Gasteiger partial charge on any atom is -0.309 e. The number of rotatable bonds is 6. The number of nitrogens with one attached hydrogen (secondary N) is 3. The van der Waals surface area contributed by atoms with Crippen LogP contribution in [-0.4, -0.2) is 26.9 Å². The van der Waals surface area contributed by atoms with Crippen molar-refractivity contribution in [2.45, 2.75) is 32.7 Å². The van der Waals surface area contributed by atoms with Gasteiger partial charge in [0.25, 0.3) is 0 Å². The number of aromatic nitrogens is 4. The molecule has 0 saturated carbocycles. The van der Waals surface area contributed by atoms with E-state index < -0.39 is 0 Å². The van der Waals surface area contributed by atoms with E-state index in [9.17, 15) is 0 Å². The molecule has 1 unspecified atom stereocenters. The van der Waals surface area contributed by atoms with Gasteiger partial charge in [0.15, 0.2) is 0 Å². The van der Waals surface area contributed by atoms with E-state index in [1.165, 1.54) is 11.3 Å². The van der Waals surface area contributed by atoms with Crippen molar-refractivity contribution >= 4 is 0 Å². The summed E-state index contributed by atoms with van der Waals surface area (Å²) < 4.78 is 0. The molecule has 92 valence electrons. The summed E-state index contributed by atoms with van der Waals surface area (Å²) in [5.41, 5.74) is 3.61. The number of aryl methyl sites for hydroxylation is 2. The molecule has 2 heterocycles. The molecular weight excluding hydrogens is 214 g/mol. The Morgan fingerprint density at radius 1 is 1.35 bits per heavy atom. The fourth-order valence-electron chi connectivity index (χ4n) is 1.84. The van der Waals surface area contributed by atoms with E-state index in [4.69, 9.17) is 0 Å². The van der Waals surface area contributed by atoms with E-state index in [1.54, 1.807) is 6.20 Å². The van der Waals surface area contributed by atoms with Gasteiger partial charge in [0, 0.05) is 17.9 Å². The lowest BCUT2D eigenvalue weighted by molar-refractivity contribution is 0.546. The molecular formula is C12H19N5. The molecule has 0 bridgehead atoms. The van der Waals surface area contributed by atoms with Crippen LogP contribution in [0.4, 0.5) is 0 Å². The van der Waals surface area contributed by atoms with Crippen LogP contribution in [0.15, 0.2) is 18.5 Å². The highest BCUT2D eigenvalue weighted by atomic mass is 15.1. The first-order valence-corrected chi connectivity index (χ1v) is 5.99. The first-order valence-electron chi connectivity index (χ1n) is 5.99. The largest absolute Gasteiger partial charge is 0.309 e. The van der Waals surface area contributed by atoms with Gasteiger partial charge >= 0.3 is 0 Å². The molecule has 2 rings (SSSR count). The second kappa shape index (κ2) is 5.63. The summed E-state index contributed by atoms with van der Waals surface area (Å²) in [6, 6.07) is 2.32. The second-order valence-electron chi connectivity index (χ2n) is 4.31. The third-order valence-electron chi connectivity index (χ3n) is 3.00. The minimum atomic E-state index is 0.322. The highest BCUT2D eigenvalue weighted by molar-refractivity contribution is 5.14. The van der Waals surface area contributed by atoms with E-state index in [0.29, 0.717) is 6.04 Å². The molecule has 0 aliphatic rings. The highest BCUT2D eigenvalue weighted by Gasteiger charge is 2.05. The number of hydrogen-bond donors (Lipinski definition) is 3. The Morgan fingerprint density at radius 3 is 2.88 bits per heavy atom. The molecule has 2 aromatic heterocycles. The van der Waals surface area contributed by atoms with Crippen LogP contribution in [0.1, 0.15) is 36.3 Å². The standard InChI is InChI=1S/C12H19N5/c1-9-11(8-15-16-9)4-3-6-13-10(2)12-5-7-14-17-12/h5,7-8,10,13H,3-4,6H2,1-2H3,(H,14,17)(H,15,16). The normalized spacial score (nSPS) is 12.8. The number of nitrogens with zero attached hydrogens (tertiary/aromatic N) is 2. The zero-order valence-corrected chi connectivity index (χ0v) is 10.3. The Morgan fingerprint density at radius 2 is 2.24 bits per heavy atom. The molecule has 0 fully saturated rings. The summed E-state index contributed by atoms with van der Waals surface area (Å²) in [4.78, 5) is 0. The Bertz CT molecular complexity index is 431. The van der Waals surface area contributed by atoms with Gasteiger partial charge in [-0.2, -0.15) is 10.2 Å². The van der Waals surface area contributed by atoms with Crippen molar-refractivity contribution in [3.8, 4) is 0 Å². The van der Waals surface area contributed by atoms with Gasteiger partial charge in [-0.15, -0.1) is 0 Å². The Labute approximate surface area is 101 Å². The number of aromatic amines is 2. The fourth-order valence-corrected chi connectivity index (χ4v) is 1.84. The first-order chi connectivity index (χ1) is 8.27. The van der Waals surface area contributed by atoms with Crippen molar-refractivity contribution < 1.29 is 0 Å². The maximum absolute atomic E-state index is 4.02. The third kappa shape index (κ3) is 3.17. The topological polar surface area (TPSA) is 69.4 Å². The van der Waals surface area contributed by atoms with E-state index >= 15 is 0 Å². The number of hydrogen-bond acceptors (Lipinski definition) is 3. The molecule has 5 heteroatoms. The summed E-state index contributed by atoms with van der Waals surface area (Å²) in [7, 11) is 0. The van der Waals surface area contributed by atoms with E-state index in [0.717, 1.165) is 25.1 Å². The van der Waals surface area contributed by atoms with Gasteiger partial charge in [0.2, 0.25) is 0 Å². The van der Waals surface area contributed by atoms with Crippen LogP contribution in [0.5, 0.6) is 0 Å². The predicted octanol–water partition coefficient (Wildman–Crippen LogP) is 1.72. The van der Waals surface area contributed by atoms with Crippen LogP contribution in [0, 0.1) is 6.92 Å². The smallest absolute Gasteiger partial charge is 0.0522 e. The fraction of sp³-hybridized carbons (Fsp3) is 0.500. The van der Waals surface area contributed by atoms with Gasteiger partial charge in [-0.3, -0.25) is 10.2 Å². The van der Waals surface area contributed by atoms with Gasteiger partial charge in [-0.25, -0.2) is 0 Å². The summed E-state index contributed by atoms with van der Waals surface area (Å²) in [6.07, 6.45) is 5.86. The zero-order valence-electron chi connectivity index (χ0n) is 10.3. The quantitative estimate of drug-likeness (QED) is 0.665. The third-order valence-corrected chi connectivity index (χ3v) is 3.00. The minimum absolute atomic E-state index is 0.322. The summed E-state index contributed by atoms with van der Waals surface area (Å²) in [5.74, 6) is 0. The van der Waals surface area contributed by atoms with Crippen LogP contribution in [0.3, 0.4) is 0 Å². The molecule has 0 aromatic carbocycles. The van der Waals surface area contributed by atoms with Gasteiger partial charge < -0.3 is 5.32 Å². The van der Waals surface area contributed by atoms with Crippen LogP contribution in [0.2, 0.25) is 0 Å². The van der Waals surface area contributed by atoms with Gasteiger partial charge in [0.1, 0.15) is 0 Å². The maximum Gasteiger partial charge on any atom is 0.0522 e. The lowest BCUT2D eigenvalue weighted by atomic mass is 10.1. The molecule has 0 aliphatic heterocycles. The Balaban J connectivity index is 1.68. The van der Waals surface area contributed by atoms with Crippen molar-refractivity contribution in [3.63, 3.8) is 0 Å². The van der Waals surface area contributed by atoms with E-state index in [2.05, 4.69) is 39.6 Å². The van der Waals surface area contributed by atoms with Crippen LogP contribution in [0.25, 0.3) is 0 Å². The monoisotopic (exact) mass is 233 g/mol. The summed E-state index contributed by atoms with van der Waals surface area (Å²) in [5, 5.41) is 17.4. The first kappa shape index (κ1) is 11.9. The average Bonchev–Trinajstić information content (AvgIpc) is 2.96. The lowest BCUT2D eigenvalue weighted by Gasteiger charge is -2.11. The summed E-state index contributed by atoms with van der Waals surface area (Å²) in [6.45, 7) is 5.18. The van der Waals surface area contributed by atoms with Crippen LogP contribution in [-0.2, 0) is 6.42 Å². The molecule has 2 aromatic rings. The molecule has 17 heavy (non-hydrogen) atoms. The SMILES string of the molecule is Cc1[nH]ncc1CCCNC(C)c1ccn[nH]1. The van der Waals surface area contributed by atoms with Crippen molar-refractivity contribution in [3.05, 3.63) is 35.4 Å². The van der Waals surface area contributed by atoms with Gasteiger partial charge in [0.05, 0.1) is 11.9 Å². The summed E-state index contributed by atoms with van der Waals surface area (Å²) >= 11 is 0. The molecule has 0 aliphatic carbocycles. The molecule has 0 saturated heterocycles.